The highest BCUT2D eigenvalue weighted by Gasteiger charge is 2.39. The first-order chi connectivity index (χ1) is 11.6. The number of esters is 1. The molecule has 0 aromatic carbocycles. The molecule has 0 amide bonds. The number of carbonyl (C=O) groups is 2. The number of ketones is 1. The van der Waals surface area contributed by atoms with E-state index in [2.05, 4.69) is 5.32 Å². The lowest BCUT2D eigenvalue weighted by Gasteiger charge is -2.33. The maximum absolute atomic E-state index is 12.7. The highest BCUT2D eigenvalue weighted by atomic mass is 32.1. The van der Waals surface area contributed by atoms with Gasteiger partial charge in [-0.2, -0.15) is 11.3 Å². The van der Waals surface area contributed by atoms with Crippen LogP contribution in [0.15, 0.2) is 39.4 Å². The maximum atomic E-state index is 12.7. The standard InChI is InChI=1S/C18H21NO4S/c1-11-15(18(21)23-8-7-22-2)16(12-6-9-24-10-12)17-13(19-11)4-3-5-14(17)20/h6,9-10,16,19H,3-5,7-8H2,1-2H3. The van der Waals surface area contributed by atoms with Crippen molar-refractivity contribution in [1.29, 1.82) is 0 Å². The third kappa shape index (κ3) is 3.16. The fourth-order valence-corrected chi connectivity index (χ4v) is 4.01. The smallest absolute Gasteiger partial charge is 0.336 e. The van der Waals surface area contributed by atoms with Crippen molar-refractivity contribution in [1.82, 2.24) is 5.32 Å². The fraction of sp³-hybridized carbons (Fsp3) is 0.444. The van der Waals surface area contributed by atoms with Gasteiger partial charge in [0, 0.05) is 36.4 Å². The van der Waals surface area contributed by atoms with Crippen molar-refractivity contribution >= 4 is 23.1 Å². The van der Waals surface area contributed by atoms with Gasteiger partial charge in [-0.05, 0) is 42.2 Å². The molecule has 1 aliphatic heterocycles. The number of carbonyl (C=O) groups excluding carboxylic acids is 2. The lowest BCUT2D eigenvalue weighted by atomic mass is 9.76. The van der Waals surface area contributed by atoms with Gasteiger partial charge in [-0.25, -0.2) is 4.79 Å². The Morgan fingerprint density at radius 3 is 2.92 bits per heavy atom. The van der Waals surface area contributed by atoms with Crippen LogP contribution in [-0.2, 0) is 19.1 Å². The molecule has 3 rings (SSSR count). The Bertz CT molecular complexity index is 703. The van der Waals surface area contributed by atoms with Crippen LogP contribution in [0.5, 0.6) is 0 Å². The van der Waals surface area contributed by atoms with E-state index in [1.165, 1.54) is 0 Å². The third-order valence-corrected chi connectivity index (χ3v) is 5.09. The molecule has 0 saturated heterocycles. The number of thiophene rings is 1. The second kappa shape index (κ2) is 7.32. The minimum atomic E-state index is -0.391. The molecule has 0 saturated carbocycles. The average molecular weight is 347 g/mol. The number of Topliss-reactive ketones (excluding diaryl/α,β-unsaturated/α-hetero) is 1. The number of dihydropyridines is 1. The summed E-state index contributed by atoms with van der Waals surface area (Å²) in [6, 6.07) is 1.98. The van der Waals surface area contributed by atoms with E-state index in [4.69, 9.17) is 9.47 Å². The molecule has 1 aromatic rings. The summed E-state index contributed by atoms with van der Waals surface area (Å²) >= 11 is 1.56. The van der Waals surface area contributed by atoms with Crippen LogP contribution in [0.4, 0.5) is 0 Å². The monoisotopic (exact) mass is 347 g/mol. The van der Waals surface area contributed by atoms with Crippen LogP contribution in [-0.4, -0.2) is 32.1 Å². The molecule has 2 aliphatic rings. The Hall–Kier alpha value is -1.92. The van der Waals surface area contributed by atoms with Gasteiger partial charge < -0.3 is 14.8 Å². The van der Waals surface area contributed by atoms with Gasteiger partial charge in [-0.1, -0.05) is 0 Å². The molecule has 0 radical (unpaired) electrons. The van der Waals surface area contributed by atoms with Gasteiger partial charge in [0.25, 0.3) is 0 Å². The summed E-state index contributed by atoms with van der Waals surface area (Å²) in [5.74, 6) is -0.608. The molecule has 2 heterocycles. The van der Waals surface area contributed by atoms with Crippen LogP contribution < -0.4 is 5.32 Å². The van der Waals surface area contributed by atoms with E-state index in [0.717, 1.165) is 35.4 Å². The van der Waals surface area contributed by atoms with E-state index in [9.17, 15) is 9.59 Å². The maximum Gasteiger partial charge on any atom is 0.336 e. The summed E-state index contributed by atoms with van der Waals surface area (Å²) in [5.41, 5.74) is 3.94. The summed E-state index contributed by atoms with van der Waals surface area (Å²) in [5, 5.41) is 7.24. The zero-order valence-corrected chi connectivity index (χ0v) is 14.7. The first kappa shape index (κ1) is 16.9. The van der Waals surface area contributed by atoms with Crippen molar-refractivity contribution in [3.8, 4) is 0 Å². The molecule has 1 atom stereocenters. The highest BCUT2D eigenvalue weighted by molar-refractivity contribution is 7.08. The molecule has 5 nitrogen and oxygen atoms in total. The minimum Gasteiger partial charge on any atom is -0.460 e. The van der Waals surface area contributed by atoms with Gasteiger partial charge in [-0.3, -0.25) is 4.79 Å². The molecule has 128 valence electrons. The van der Waals surface area contributed by atoms with Crippen molar-refractivity contribution in [2.75, 3.05) is 20.3 Å². The van der Waals surface area contributed by atoms with Gasteiger partial charge in [-0.15, -0.1) is 0 Å². The minimum absolute atomic E-state index is 0.120. The SMILES string of the molecule is COCCOC(=O)C1=C(C)NC2=C(C(=O)CCC2)C1c1ccsc1. The van der Waals surface area contributed by atoms with E-state index in [1.54, 1.807) is 18.4 Å². The Balaban J connectivity index is 1.99. The summed E-state index contributed by atoms with van der Waals surface area (Å²) in [6.45, 7) is 2.42. The number of rotatable bonds is 5. The van der Waals surface area contributed by atoms with Gasteiger partial charge in [0.1, 0.15) is 6.61 Å². The van der Waals surface area contributed by atoms with Crippen LogP contribution in [0.3, 0.4) is 0 Å². The molecule has 1 aromatic heterocycles. The summed E-state index contributed by atoms with van der Waals surface area (Å²) < 4.78 is 10.3. The zero-order chi connectivity index (χ0) is 17.1. The summed E-state index contributed by atoms with van der Waals surface area (Å²) in [4.78, 5) is 25.2. The second-order valence-corrected chi connectivity index (χ2v) is 6.73. The van der Waals surface area contributed by atoms with E-state index in [-0.39, 0.29) is 18.3 Å². The van der Waals surface area contributed by atoms with Crippen molar-refractivity contribution in [3.63, 3.8) is 0 Å². The molecule has 1 unspecified atom stereocenters. The topological polar surface area (TPSA) is 64.6 Å². The van der Waals surface area contributed by atoms with E-state index in [1.807, 2.05) is 23.8 Å². The normalized spacial score (nSPS) is 20.8. The lowest BCUT2D eigenvalue weighted by Crippen LogP contribution is -2.34. The van der Waals surface area contributed by atoms with E-state index < -0.39 is 5.97 Å². The van der Waals surface area contributed by atoms with Crippen molar-refractivity contribution in [2.24, 2.45) is 0 Å². The Kier molecular flexibility index (Phi) is 5.16. The molecule has 0 bridgehead atoms. The first-order valence-corrected chi connectivity index (χ1v) is 9.00. The molecule has 6 heteroatoms. The quantitative estimate of drug-likeness (QED) is 0.655. The highest BCUT2D eigenvalue weighted by Crippen LogP contribution is 2.42. The average Bonchev–Trinajstić information content (AvgIpc) is 3.08. The van der Waals surface area contributed by atoms with Crippen molar-refractivity contribution in [2.45, 2.75) is 32.1 Å². The van der Waals surface area contributed by atoms with E-state index >= 15 is 0 Å². The van der Waals surface area contributed by atoms with Crippen molar-refractivity contribution < 1.29 is 19.1 Å². The predicted molar refractivity (Wildman–Crippen MR) is 91.6 cm³/mol. The Labute approximate surface area is 145 Å². The van der Waals surface area contributed by atoms with Crippen LogP contribution in [0, 0.1) is 0 Å². The molecule has 1 aliphatic carbocycles. The number of methoxy groups -OCH3 is 1. The second-order valence-electron chi connectivity index (χ2n) is 5.95. The number of hydrogen-bond acceptors (Lipinski definition) is 6. The van der Waals surface area contributed by atoms with Gasteiger partial charge in [0.15, 0.2) is 5.78 Å². The van der Waals surface area contributed by atoms with Gasteiger partial charge in [0.05, 0.1) is 12.2 Å². The summed E-state index contributed by atoms with van der Waals surface area (Å²) in [7, 11) is 1.56. The first-order valence-electron chi connectivity index (χ1n) is 8.05. The molecule has 24 heavy (non-hydrogen) atoms. The number of nitrogens with one attached hydrogen (secondary N) is 1. The van der Waals surface area contributed by atoms with Crippen molar-refractivity contribution in [3.05, 3.63) is 44.9 Å². The Morgan fingerprint density at radius 2 is 2.21 bits per heavy atom. The van der Waals surface area contributed by atoms with Crippen LogP contribution in [0.1, 0.15) is 37.7 Å². The Morgan fingerprint density at radius 1 is 1.38 bits per heavy atom. The predicted octanol–water partition coefficient (Wildman–Crippen LogP) is 2.91. The van der Waals surface area contributed by atoms with Crippen LogP contribution in [0.25, 0.3) is 0 Å². The number of allylic oxidation sites excluding steroid dienone is 3. The number of ether oxygens (including phenoxy) is 2. The summed E-state index contributed by atoms with van der Waals surface area (Å²) in [6.07, 6.45) is 2.22. The molecular formula is C18H21NO4S. The van der Waals surface area contributed by atoms with E-state index in [0.29, 0.717) is 18.6 Å². The molecular weight excluding hydrogens is 326 g/mol. The van der Waals surface area contributed by atoms with Gasteiger partial charge in [0.2, 0.25) is 0 Å². The van der Waals surface area contributed by atoms with Crippen LogP contribution >= 0.6 is 11.3 Å². The number of hydrogen-bond donors (Lipinski definition) is 1. The fourth-order valence-electron chi connectivity index (χ4n) is 3.32. The third-order valence-electron chi connectivity index (χ3n) is 4.39. The molecule has 0 spiro atoms. The van der Waals surface area contributed by atoms with Crippen LogP contribution in [0.2, 0.25) is 0 Å². The largest absolute Gasteiger partial charge is 0.460 e. The molecule has 1 N–H and O–H groups in total. The lowest BCUT2D eigenvalue weighted by molar-refractivity contribution is -0.140. The zero-order valence-electron chi connectivity index (χ0n) is 13.9. The van der Waals surface area contributed by atoms with Gasteiger partial charge >= 0.3 is 5.97 Å². The molecule has 0 fully saturated rings.